The van der Waals surface area contributed by atoms with Crippen molar-refractivity contribution >= 4 is 15.9 Å². The van der Waals surface area contributed by atoms with Crippen molar-refractivity contribution in [3.8, 4) is 5.75 Å². The molecule has 3 heteroatoms. The first-order valence-corrected chi connectivity index (χ1v) is 8.00. The average Bonchev–Trinajstić information content (AvgIpc) is 2.72. The molecule has 0 spiro atoms. The smallest absolute Gasteiger partial charge is 0.133 e. The number of methoxy groups -OCH3 is 1. The maximum Gasteiger partial charge on any atom is 0.133 e. The van der Waals surface area contributed by atoms with Gasteiger partial charge in [0.05, 0.1) is 11.6 Å². The predicted molar refractivity (Wildman–Crippen MR) is 83.8 cm³/mol. The monoisotopic (exact) mass is 325 g/mol. The van der Waals surface area contributed by atoms with Crippen LogP contribution in [0.1, 0.15) is 32.3 Å². The Morgan fingerprint density at radius 1 is 1.37 bits per heavy atom. The highest BCUT2D eigenvalue weighted by molar-refractivity contribution is 9.10. The average molecular weight is 326 g/mol. The molecule has 3 atom stereocenters. The SMILES string of the molecule is CCNC1CCC(Cc2ccc(OC)c(Br)c2)C1C. The molecule has 0 radical (unpaired) electrons. The molecule has 1 saturated carbocycles. The minimum Gasteiger partial charge on any atom is -0.496 e. The van der Waals surface area contributed by atoms with Gasteiger partial charge in [-0.25, -0.2) is 0 Å². The summed E-state index contributed by atoms with van der Waals surface area (Å²) in [5.41, 5.74) is 1.40. The van der Waals surface area contributed by atoms with Crippen molar-refractivity contribution in [2.75, 3.05) is 13.7 Å². The van der Waals surface area contributed by atoms with E-state index in [1.165, 1.54) is 24.8 Å². The van der Waals surface area contributed by atoms with Gasteiger partial charge in [-0.3, -0.25) is 0 Å². The summed E-state index contributed by atoms with van der Waals surface area (Å²) in [4.78, 5) is 0. The summed E-state index contributed by atoms with van der Waals surface area (Å²) in [5.74, 6) is 2.47. The highest BCUT2D eigenvalue weighted by Gasteiger charge is 2.31. The van der Waals surface area contributed by atoms with Crippen LogP contribution in [0.15, 0.2) is 22.7 Å². The topological polar surface area (TPSA) is 21.3 Å². The molecule has 0 aromatic heterocycles. The second kappa shape index (κ2) is 6.76. The molecule has 0 amide bonds. The molecule has 1 aliphatic rings. The summed E-state index contributed by atoms with van der Waals surface area (Å²) < 4.78 is 6.34. The Morgan fingerprint density at radius 3 is 2.79 bits per heavy atom. The van der Waals surface area contributed by atoms with Crippen molar-refractivity contribution in [2.45, 2.75) is 39.2 Å². The molecule has 1 aliphatic carbocycles. The standard InChI is InChI=1S/C16H24BrNO/c1-4-18-15-7-6-13(11(15)2)9-12-5-8-16(19-3)14(17)10-12/h5,8,10-11,13,15,18H,4,6-7,9H2,1-3H3. The number of halogens is 1. The lowest BCUT2D eigenvalue weighted by atomic mass is 9.89. The van der Waals surface area contributed by atoms with E-state index < -0.39 is 0 Å². The normalized spacial score (nSPS) is 26.6. The third-order valence-electron chi connectivity index (χ3n) is 4.41. The van der Waals surface area contributed by atoms with E-state index in [1.54, 1.807) is 7.11 Å². The fourth-order valence-electron chi connectivity index (χ4n) is 3.23. The van der Waals surface area contributed by atoms with Crippen LogP contribution >= 0.6 is 15.9 Å². The number of hydrogen-bond acceptors (Lipinski definition) is 2. The van der Waals surface area contributed by atoms with Crippen LogP contribution in [-0.2, 0) is 6.42 Å². The summed E-state index contributed by atoms with van der Waals surface area (Å²) in [6.45, 7) is 5.67. The van der Waals surface area contributed by atoms with Crippen LogP contribution in [0.2, 0.25) is 0 Å². The van der Waals surface area contributed by atoms with Crippen LogP contribution in [0.4, 0.5) is 0 Å². The number of rotatable bonds is 5. The van der Waals surface area contributed by atoms with Crippen LogP contribution in [0.5, 0.6) is 5.75 Å². The van der Waals surface area contributed by atoms with E-state index in [0.29, 0.717) is 6.04 Å². The molecular weight excluding hydrogens is 302 g/mol. The van der Waals surface area contributed by atoms with Gasteiger partial charge in [-0.05, 0) is 71.3 Å². The second-order valence-corrected chi connectivity index (χ2v) is 6.39. The van der Waals surface area contributed by atoms with Gasteiger partial charge >= 0.3 is 0 Å². The van der Waals surface area contributed by atoms with Gasteiger partial charge in [-0.1, -0.05) is 19.9 Å². The zero-order valence-electron chi connectivity index (χ0n) is 12.1. The van der Waals surface area contributed by atoms with Gasteiger partial charge in [0.15, 0.2) is 0 Å². The Labute approximate surface area is 125 Å². The molecule has 1 N–H and O–H groups in total. The van der Waals surface area contributed by atoms with E-state index in [0.717, 1.165) is 28.6 Å². The molecular formula is C16H24BrNO. The first kappa shape index (κ1) is 14.9. The summed E-state index contributed by atoms with van der Waals surface area (Å²) in [7, 11) is 1.71. The minimum absolute atomic E-state index is 0.705. The van der Waals surface area contributed by atoms with E-state index >= 15 is 0 Å². The Hall–Kier alpha value is -0.540. The zero-order valence-corrected chi connectivity index (χ0v) is 13.7. The lowest BCUT2D eigenvalue weighted by Gasteiger charge is -2.21. The third-order valence-corrected chi connectivity index (χ3v) is 5.03. The van der Waals surface area contributed by atoms with Gasteiger partial charge in [0.2, 0.25) is 0 Å². The molecule has 0 saturated heterocycles. The number of benzene rings is 1. The Kier molecular flexibility index (Phi) is 5.28. The number of hydrogen-bond donors (Lipinski definition) is 1. The fraction of sp³-hybridized carbons (Fsp3) is 0.625. The van der Waals surface area contributed by atoms with Gasteiger partial charge in [0.25, 0.3) is 0 Å². The lowest BCUT2D eigenvalue weighted by Crippen LogP contribution is -2.32. The molecule has 2 nitrogen and oxygen atoms in total. The van der Waals surface area contributed by atoms with E-state index in [1.807, 2.05) is 0 Å². The lowest BCUT2D eigenvalue weighted by molar-refractivity contribution is 0.355. The number of nitrogens with one attached hydrogen (secondary N) is 1. The minimum atomic E-state index is 0.705. The highest BCUT2D eigenvalue weighted by Crippen LogP contribution is 2.35. The first-order chi connectivity index (χ1) is 9.15. The van der Waals surface area contributed by atoms with Crippen LogP contribution in [0, 0.1) is 11.8 Å². The Bertz CT molecular complexity index is 421. The molecule has 0 bridgehead atoms. The van der Waals surface area contributed by atoms with E-state index in [-0.39, 0.29) is 0 Å². The largest absolute Gasteiger partial charge is 0.496 e. The van der Waals surface area contributed by atoms with E-state index in [4.69, 9.17) is 4.74 Å². The first-order valence-electron chi connectivity index (χ1n) is 7.21. The van der Waals surface area contributed by atoms with Crippen molar-refractivity contribution in [1.29, 1.82) is 0 Å². The second-order valence-electron chi connectivity index (χ2n) is 5.53. The summed E-state index contributed by atoms with van der Waals surface area (Å²) in [6, 6.07) is 7.15. The molecule has 1 aromatic rings. The molecule has 1 aromatic carbocycles. The van der Waals surface area contributed by atoms with Crippen molar-refractivity contribution in [3.05, 3.63) is 28.2 Å². The van der Waals surface area contributed by atoms with Gasteiger partial charge in [0, 0.05) is 6.04 Å². The molecule has 0 heterocycles. The molecule has 19 heavy (non-hydrogen) atoms. The van der Waals surface area contributed by atoms with Gasteiger partial charge < -0.3 is 10.1 Å². The third kappa shape index (κ3) is 3.51. The Balaban J connectivity index is 2.00. The zero-order chi connectivity index (χ0) is 13.8. The van der Waals surface area contributed by atoms with Gasteiger partial charge in [0.1, 0.15) is 5.75 Å². The van der Waals surface area contributed by atoms with Crippen LogP contribution in [-0.4, -0.2) is 19.7 Å². The van der Waals surface area contributed by atoms with Gasteiger partial charge in [-0.2, -0.15) is 0 Å². The molecule has 3 unspecified atom stereocenters. The summed E-state index contributed by atoms with van der Waals surface area (Å²) >= 11 is 3.57. The number of ether oxygens (including phenoxy) is 1. The van der Waals surface area contributed by atoms with Crippen molar-refractivity contribution in [1.82, 2.24) is 5.32 Å². The molecule has 106 valence electrons. The quantitative estimate of drug-likeness (QED) is 0.882. The van der Waals surface area contributed by atoms with E-state index in [9.17, 15) is 0 Å². The van der Waals surface area contributed by atoms with Crippen molar-refractivity contribution in [2.24, 2.45) is 11.8 Å². The van der Waals surface area contributed by atoms with Crippen LogP contribution in [0.25, 0.3) is 0 Å². The summed E-state index contributed by atoms with van der Waals surface area (Å²) in [5, 5.41) is 3.61. The van der Waals surface area contributed by atoms with Gasteiger partial charge in [-0.15, -0.1) is 0 Å². The fourth-order valence-corrected chi connectivity index (χ4v) is 3.81. The van der Waals surface area contributed by atoms with Crippen LogP contribution in [0.3, 0.4) is 0 Å². The highest BCUT2D eigenvalue weighted by atomic mass is 79.9. The molecule has 2 rings (SSSR count). The maximum absolute atomic E-state index is 5.28. The van der Waals surface area contributed by atoms with Crippen molar-refractivity contribution in [3.63, 3.8) is 0 Å². The van der Waals surface area contributed by atoms with Crippen LogP contribution < -0.4 is 10.1 Å². The maximum atomic E-state index is 5.28. The predicted octanol–water partition coefficient (Wildman–Crippen LogP) is 4.02. The van der Waals surface area contributed by atoms with E-state index in [2.05, 4.69) is 53.3 Å². The Morgan fingerprint density at radius 2 is 2.16 bits per heavy atom. The molecule has 0 aliphatic heterocycles. The molecule has 1 fully saturated rings. The van der Waals surface area contributed by atoms with Crippen molar-refractivity contribution < 1.29 is 4.74 Å². The summed E-state index contributed by atoms with van der Waals surface area (Å²) in [6.07, 6.45) is 3.82.